The van der Waals surface area contributed by atoms with Gasteiger partial charge in [-0.25, -0.2) is 0 Å². The topological polar surface area (TPSA) is 55.4 Å². The minimum absolute atomic E-state index is 0.298. The largest absolute Gasteiger partial charge is 0.374 e. The Balaban J connectivity index is 1.30. The van der Waals surface area contributed by atoms with Gasteiger partial charge in [0.15, 0.2) is 6.29 Å². The highest BCUT2D eigenvalue weighted by molar-refractivity contribution is 7.94. The number of ether oxygens (including phenoxy) is 5. The molecule has 0 bridgehead atoms. The van der Waals surface area contributed by atoms with Crippen molar-refractivity contribution >= 4 is 22.8 Å². The van der Waals surface area contributed by atoms with Gasteiger partial charge in [-0.05, 0) is 45.1 Å². The summed E-state index contributed by atoms with van der Waals surface area (Å²) in [5.74, 6) is 0.758. The SMILES string of the molecule is CCSO[C@H]1O[C@H](COCc2ccccc2)[C@@H](OCc2ccccc2)[C@H](OCc2ccccc2)[C@@H]1OCc1cccc2ccccc12. The van der Waals surface area contributed by atoms with E-state index in [1.165, 1.54) is 17.4 Å². The number of benzene rings is 5. The zero-order valence-electron chi connectivity index (χ0n) is 26.7. The van der Waals surface area contributed by atoms with Gasteiger partial charge in [0.1, 0.15) is 24.4 Å². The second-order valence-corrected chi connectivity index (χ2v) is 12.5. The molecule has 0 radical (unpaired) electrons. The van der Waals surface area contributed by atoms with Crippen LogP contribution in [0.4, 0.5) is 0 Å². The fourth-order valence-electron chi connectivity index (χ4n) is 5.80. The first-order valence-corrected chi connectivity index (χ1v) is 17.1. The van der Waals surface area contributed by atoms with E-state index >= 15 is 0 Å². The molecular formula is C40H42O6S. The van der Waals surface area contributed by atoms with Crippen LogP contribution in [0, 0.1) is 0 Å². The molecule has 1 aliphatic heterocycles. The molecule has 0 saturated carbocycles. The Morgan fingerprint density at radius 2 is 1.11 bits per heavy atom. The summed E-state index contributed by atoms with van der Waals surface area (Å²) in [6, 6.07) is 45.1. The van der Waals surface area contributed by atoms with Crippen molar-refractivity contribution in [3.05, 3.63) is 156 Å². The van der Waals surface area contributed by atoms with E-state index in [1.807, 2.05) is 54.6 Å². The summed E-state index contributed by atoms with van der Waals surface area (Å²) in [5, 5.41) is 2.32. The molecule has 0 spiro atoms. The van der Waals surface area contributed by atoms with Gasteiger partial charge >= 0.3 is 0 Å². The molecule has 0 unspecified atom stereocenters. The van der Waals surface area contributed by atoms with Gasteiger partial charge < -0.3 is 23.7 Å². The smallest absolute Gasteiger partial charge is 0.199 e. The molecule has 0 amide bonds. The van der Waals surface area contributed by atoms with Gasteiger partial charge in [-0.3, -0.25) is 4.18 Å². The fourth-order valence-corrected chi connectivity index (χ4v) is 6.22. The molecule has 1 fully saturated rings. The Kier molecular flexibility index (Phi) is 12.5. The van der Waals surface area contributed by atoms with Gasteiger partial charge in [0.2, 0.25) is 0 Å². The second kappa shape index (κ2) is 17.6. The first-order valence-electron chi connectivity index (χ1n) is 16.2. The number of hydrogen-bond acceptors (Lipinski definition) is 7. The molecule has 0 N–H and O–H groups in total. The molecule has 244 valence electrons. The minimum atomic E-state index is -0.711. The highest BCUT2D eigenvalue weighted by Gasteiger charge is 2.49. The first-order chi connectivity index (χ1) is 23.3. The van der Waals surface area contributed by atoms with Crippen molar-refractivity contribution in [1.82, 2.24) is 0 Å². The number of rotatable bonds is 16. The lowest BCUT2D eigenvalue weighted by molar-refractivity contribution is -0.307. The van der Waals surface area contributed by atoms with Crippen LogP contribution in [0.25, 0.3) is 10.8 Å². The zero-order valence-corrected chi connectivity index (χ0v) is 27.5. The summed E-state index contributed by atoms with van der Waals surface area (Å²) in [6.45, 7) is 3.94. The summed E-state index contributed by atoms with van der Waals surface area (Å²) in [6.07, 6.45) is -2.78. The third kappa shape index (κ3) is 9.30. The van der Waals surface area contributed by atoms with E-state index in [9.17, 15) is 0 Å². The maximum atomic E-state index is 6.79. The molecule has 0 aliphatic carbocycles. The number of fused-ring (bicyclic) bond motifs is 1. The van der Waals surface area contributed by atoms with Gasteiger partial charge in [-0.15, -0.1) is 0 Å². The summed E-state index contributed by atoms with van der Waals surface area (Å²) < 4.78 is 39.5. The van der Waals surface area contributed by atoms with E-state index in [0.717, 1.165) is 33.4 Å². The summed E-state index contributed by atoms with van der Waals surface area (Å²) in [4.78, 5) is 0. The summed E-state index contributed by atoms with van der Waals surface area (Å²) >= 11 is 1.35. The summed E-state index contributed by atoms with van der Waals surface area (Å²) in [5.41, 5.74) is 4.30. The maximum Gasteiger partial charge on any atom is 0.199 e. The lowest BCUT2D eigenvalue weighted by Crippen LogP contribution is -2.61. The van der Waals surface area contributed by atoms with E-state index in [1.54, 1.807) is 0 Å². The van der Waals surface area contributed by atoms with Crippen LogP contribution < -0.4 is 0 Å². The maximum absolute atomic E-state index is 6.79. The van der Waals surface area contributed by atoms with Gasteiger partial charge in [0, 0.05) is 5.75 Å². The lowest BCUT2D eigenvalue weighted by Gasteiger charge is -2.45. The Bertz CT molecular complexity index is 1610. The standard InChI is InChI=1S/C40H42O6S/c1-2-47-46-40-39(44-28-34-23-14-22-33-21-12-13-24-35(33)34)38(43-27-32-19-10-5-11-20-32)37(42-26-31-17-8-4-9-18-31)36(45-40)29-41-25-30-15-6-3-7-16-30/h3-24,36-40H,2,25-29H2,1H3/t36-,37-,38+,39+,40-/m1/s1. The van der Waals surface area contributed by atoms with Gasteiger partial charge in [-0.1, -0.05) is 140 Å². The quantitative estimate of drug-likeness (QED) is 0.0993. The highest BCUT2D eigenvalue weighted by atomic mass is 32.2. The molecule has 6 rings (SSSR count). The molecule has 5 aromatic rings. The Morgan fingerprint density at radius 3 is 1.77 bits per heavy atom. The Morgan fingerprint density at radius 1 is 0.553 bits per heavy atom. The van der Waals surface area contributed by atoms with Crippen LogP contribution in [0.2, 0.25) is 0 Å². The van der Waals surface area contributed by atoms with Crippen LogP contribution in [0.3, 0.4) is 0 Å². The minimum Gasteiger partial charge on any atom is -0.374 e. The molecular weight excluding hydrogens is 609 g/mol. The molecule has 7 heteroatoms. The van der Waals surface area contributed by atoms with Crippen molar-refractivity contribution in [1.29, 1.82) is 0 Å². The monoisotopic (exact) mass is 650 g/mol. The van der Waals surface area contributed by atoms with E-state index in [-0.39, 0.29) is 0 Å². The molecule has 47 heavy (non-hydrogen) atoms. The van der Waals surface area contributed by atoms with Crippen LogP contribution in [-0.4, -0.2) is 43.1 Å². The van der Waals surface area contributed by atoms with Crippen LogP contribution in [-0.2, 0) is 54.3 Å². The third-order valence-corrected chi connectivity index (χ3v) is 8.71. The first kappa shape index (κ1) is 33.4. The van der Waals surface area contributed by atoms with Crippen molar-refractivity contribution in [2.75, 3.05) is 12.4 Å². The molecule has 1 aliphatic rings. The predicted octanol–water partition coefficient (Wildman–Crippen LogP) is 8.52. The summed E-state index contributed by atoms with van der Waals surface area (Å²) in [7, 11) is 0. The van der Waals surface area contributed by atoms with Crippen molar-refractivity contribution in [2.45, 2.75) is 64.1 Å². The van der Waals surface area contributed by atoms with E-state index in [0.29, 0.717) is 33.0 Å². The van der Waals surface area contributed by atoms with Gasteiger partial charge in [-0.2, -0.15) is 0 Å². The van der Waals surface area contributed by atoms with E-state index in [4.69, 9.17) is 27.9 Å². The van der Waals surface area contributed by atoms with Crippen LogP contribution in [0.1, 0.15) is 29.2 Å². The molecule has 1 heterocycles. The lowest BCUT2D eigenvalue weighted by atomic mass is 9.97. The highest BCUT2D eigenvalue weighted by Crippen LogP contribution is 2.33. The van der Waals surface area contributed by atoms with Gasteiger partial charge in [0.05, 0.1) is 33.0 Å². The Hall–Kier alpha value is -3.53. The second-order valence-electron chi connectivity index (χ2n) is 11.5. The average Bonchev–Trinajstić information content (AvgIpc) is 3.13. The normalized spacial score (nSPS) is 21.2. The van der Waals surface area contributed by atoms with Crippen molar-refractivity contribution < 1.29 is 27.9 Å². The predicted molar refractivity (Wildman–Crippen MR) is 187 cm³/mol. The van der Waals surface area contributed by atoms with Crippen molar-refractivity contribution in [2.24, 2.45) is 0 Å². The van der Waals surface area contributed by atoms with E-state index in [2.05, 4.69) is 85.8 Å². The Labute approximate surface area is 282 Å². The molecule has 1 saturated heterocycles. The average molecular weight is 651 g/mol. The zero-order chi connectivity index (χ0) is 32.1. The van der Waals surface area contributed by atoms with Crippen molar-refractivity contribution in [3.8, 4) is 0 Å². The number of hydrogen-bond donors (Lipinski definition) is 0. The fraction of sp³-hybridized carbons (Fsp3) is 0.300. The van der Waals surface area contributed by atoms with Crippen LogP contribution >= 0.6 is 12.0 Å². The van der Waals surface area contributed by atoms with Crippen LogP contribution in [0.5, 0.6) is 0 Å². The van der Waals surface area contributed by atoms with Crippen LogP contribution in [0.15, 0.2) is 133 Å². The van der Waals surface area contributed by atoms with Gasteiger partial charge in [0.25, 0.3) is 0 Å². The van der Waals surface area contributed by atoms with E-state index < -0.39 is 30.7 Å². The van der Waals surface area contributed by atoms with Crippen molar-refractivity contribution in [3.63, 3.8) is 0 Å². The molecule has 5 aromatic carbocycles. The molecule has 0 aromatic heterocycles. The molecule has 6 nitrogen and oxygen atoms in total. The molecule has 5 atom stereocenters. The third-order valence-electron chi connectivity index (χ3n) is 8.15.